The Kier molecular flexibility index (Phi) is 11.5. The average molecular weight is 684 g/mol. The summed E-state index contributed by atoms with van der Waals surface area (Å²) in [5, 5.41) is 2.83. The molecule has 4 rings (SSSR count). The largest absolute Gasteiger partial charge is 0.497 e. The van der Waals surface area contributed by atoms with Gasteiger partial charge in [0.1, 0.15) is 35.8 Å². The summed E-state index contributed by atoms with van der Waals surface area (Å²) in [6.07, 6.45) is -0.352. The molecule has 15 heteroatoms. The number of aromatic amines is 1. The Hall–Kier alpha value is -4.63. The Morgan fingerprint density at radius 2 is 1.72 bits per heavy atom. The highest BCUT2D eigenvalue weighted by Crippen LogP contribution is 2.21. The second kappa shape index (κ2) is 15.3. The van der Waals surface area contributed by atoms with Gasteiger partial charge in [0.25, 0.3) is 5.91 Å². The van der Waals surface area contributed by atoms with Crippen LogP contribution in [0, 0.1) is 3.95 Å². The molecule has 0 aliphatic carbocycles. The highest BCUT2D eigenvalue weighted by atomic mass is 32.2. The molecule has 1 fully saturated rings. The van der Waals surface area contributed by atoms with Gasteiger partial charge in [-0.05, 0) is 74.4 Å². The lowest BCUT2D eigenvalue weighted by atomic mass is 10.0. The molecule has 0 radical (unpaired) electrons. The van der Waals surface area contributed by atoms with E-state index in [0.717, 1.165) is 11.1 Å². The van der Waals surface area contributed by atoms with E-state index in [9.17, 15) is 24.0 Å². The third-order valence-corrected chi connectivity index (χ3v) is 8.16. The smallest absolute Gasteiger partial charge is 0.326 e. The Labute approximate surface area is 281 Å². The summed E-state index contributed by atoms with van der Waals surface area (Å²) in [7, 11) is 2.72. The molecule has 3 aromatic rings. The van der Waals surface area contributed by atoms with Gasteiger partial charge in [-0.1, -0.05) is 24.3 Å². The van der Waals surface area contributed by atoms with Crippen LogP contribution in [-0.2, 0) is 35.1 Å². The number of H-pyrrole nitrogens is 1. The van der Waals surface area contributed by atoms with Gasteiger partial charge < -0.3 is 29.3 Å². The third-order valence-electron chi connectivity index (χ3n) is 7.26. The minimum absolute atomic E-state index is 0.00764. The van der Waals surface area contributed by atoms with Crippen LogP contribution in [0.2, 0.25) is 0 Å². The number of benzene rings is 2. The van der Waals surface area contributed by atoms with Crippen LogP contribution in [0.3, 0.4) is 0 Å². The molecule has 2 N–H and O–H groups in total. The molecule has 0 unspecified atom stereocenters. The van der Waals surface area contributed by atoms with Gasteiger partial charge in [-0.15, -0.1) is 0 Å². The van der Waals surface area contributed by atoms with E-state index in [1.807, 2.05) is 0 Å². The van der Waals surface area contributed by atoms with Crippen LogP contribution in [0.1, 0.15) is 43.1 Å². The van der Waals surface area contributed by atoms with Crippen LogP contribution in [-0.4, -0.2) is 100 Å². The van der Waals surface area contributed by atoms with E-state index < -0.39 is 53.8 Å². The molecule has 2 heterocycles. The number of nitrogens with one attached hydrogen (secondary N) is 2. The Bertz CT molecular complexity index is 1660. The third kappa shape index (κ3) is 9.45. The van der Waals surface area contributed by atoms with E-state index in [4.69, 9.17) is 26.4 Å². The quantitative estimate of drug-likeness (QED) is 0.227. The van der Waals surface area contributed by atoms with Crippen molar-refractivity contribution in [1.82, 2.24) is 24.5 Å². The maximum atomic E-state index is 14.2. The zero-order valence-corrected chi connectivity index (χ0v) is 28.4. The fourth-order valence-corrected chi connectivity index (χ4v) is 5.70. The van der Waals surface area contributed by atoms with Gasteiger partial charge in [0.05, 0.1) is 20.6 Å². The van der Waals surface area contributed by atoms with Crippen LogP contribution >= 0.6 is 23.8 Å². The molecular formula is C32H37N5O8S2. The number of ether oxygens (including phenoxy) is 3. The molecule has 2 aromatic carbocycles. The van der Waals surface area contributed by atoms with Crippen molar-refractivity contribution in [3.05, 3.63) is 63.6 Å². The highest BCUT2D eigenvalue weighted by molar-refractivity contribution is 7.73. The first-order valence-electron chi connectivity index (χ1n) is 14.8. The van der Waals surface area contributed by atoms with Gasteiger partial charge in [-0.2, -0.15) is 0 Å². The van der Waals surface area contributed by atoms with Gasteiger partial charge in [-0.3, -0.25) is 28.3 Å². The van der Waals surface area contributed by atoms with Crippen LogP contribution in [0.5, 0.6) is 5.75 Å². The summed E-state index contributed by atoms with van der Waals surface area (Å²) < 4.78 is 18.9. The molecule has 1 saturated heterocycles. The number of methoxy groups -OCH3 is 2. The Morgan fingerprint density at radius 1 is 1.04 bits per heavy atom. The van der Waals surface area contributed by atoms with Crippen molar-refractivity contribution >= 4 is 53.4 Å². The Balaban J connectivity index is 1.59. The Morgan fingerprint density at radius 3 is 2.30 bits per heavy atom. The van der Waals surface area contributed by atoms with Crippen molar-refractivity contribution in [3.8, 4) is 17.1 Å². The molecule has 0 saturated carbocycles. The number of carbonyl (C=O) groups excluding carboxylic acids is 5. The molecule has 47 heavy (non-hydrogen) atoms. The van der Waals surface area contributed by atoms with Crippen molar-refractivity contribution in [2.45, 2.75) is 51.3 Å². The van der Waals surface area contributed by atoms with E-state index in [0.29, 0.717) is 21.1 Å². The summed E-state index contributed by atoms with van der Waals surface area (Å²) in [6, 6.07) is 11.3. The number of esters is 2. The number of hydrogen-bond donors (Lipinski definition) is 2. The minimum Gasteiger partial charge on any atom is -0.497 e. The molecule has 250 valence electrons. The van der Waals surface area contributed by atoms with E-state index >= 15 is 0 Å². The zero-order chi connectivity index (χ0) is 34.3. The van der Waals surface area contributed by atoms with Crippen LogP contribution in [0.25, 0.3) is 11.4 Å². The lowest BCUT2D eigenvalue weighted by molar-refractivity contribution is -0.164. The summed E-state index contributed by atoms with van der Waals surface area (Å²) in [4.78, 5) is 73.1. The number of aromatic nitrogens is 2. The highest BCUT2D eigenvalue weighted by Gasteiger charge is 2.42. The molecule has 0 bridgehead atoms. The fourth-order valence-electron chi connectivity index (χ4n) is 5.00. The molecule has 2 atom stereocenters. The topological polar surface area (TPSA) is 160 Å². The van der Waals surface area contributed by atoms with Crippen molar-refractivity contribution in [2.24, 2.45) is 0 Å². The lowest BCUT2D eigenvalue weighted by Crippen LogP contribution is -2.63. The second-order valence-corrected chi connectivity index (χ2v) is 13.2. The number of carbonyl (C=O) groups is 5. The van der Waals surface area contributed by atoms with E-state index in [-0.39, 0.29) is 26.1 Å². The molecular weight excluding hydrogens is 647 g/mol. The summed E-state index contributed by atoms with van der Waals surface area (Å²) in [6.45, 7) is 4.83. The number of piperazine rings is 1. The average Bonchev–Trinajstić information content (AvgIpc) is 3.47. The van der Waals surface area contributed by atoms with Crippen LogP contribution in [0.15, 0.2) is 48.5 Å². The van der Waals surface area contributed by atoms with Crippen LogP contribution in [0.4, 0.5) is 0 Å². The van der Waals surface area contributed by atoms with Crippen molar-refractivity contribution in [1.29, 1.82) is 0 Å². The zero-order valence-electron chi connectivity index (χ0n) is 26.7. The van der Waals surface area contributed by atoms with Gasteiger partial charge in [0.15, 0.2) is 3.95 Å². The lowest BCUT2D eigenvalue weighted by Gasteiger charge is -2.41. The normalized spacial score (nSPS) is 15.5. The molecule has 3 amide bonds. The first-order chi connectivity index (χ1) is 22.3. The first-order valence-corrected chi connectivity index (χ1v) is 16.0. The molecule has 1 aliphatic rings. The summed E-state index contributed by atoms with van der Waals surface area (Å²) in [5.41, 5.74) is 0.982. The van der Waals surface area contributed by atoms with E-state index in [2.05, 4.69) is 14.7 Å². The van der Waals surface area contributed by atoms with Gasteiger partial charge in [-0.25, -0.2) is 4.98 Å². The number of nitrogens with zero attached hydrogens (tertiary/aromatic N) is 3. The predicted molar refractivity (Wildman–Crippen MR) is 175 cm³/mol. The maximum Gasteiger partial charge on any atom is 0.326 e. The molecule has 1 aromatic heterocycles. The SMILES string of the molecule is COC(=O)C[C@H]1C(=O)N(CC(=O)OC(C)(C)C)CCN1C(=O)[C@H](Cc1ccc(OC)cc1)NC(=O)c1ccc(-c2nc(=S)s[nH]2)cc1. The van der Waals surface area contributed by atoms with Crippen molar-refractivity contribution in [3.63, 3.8) is 0 Å². The summed E-state index contributed by atoms with van der Waals surface area (Å²) >= 11 is 6.30. The predicted octanol–water partition coefficient (Wildman–Crippen LogP) is 3.16. The first kappa shape index (κ1) is 35.2. The van der Waals surface area contributed by atoms with Crippen LogP contribution < -0.4 is 10.1 Å². The van der Waals surface area contributed by atoms with Crippen molar-refractivity contribution < 1.29 is 38.2 Å². The van der Waals surface area contributed by atoms with E-state index in [1.54, 1.807) is 69.3 Å². The van der Waals surface area contributed by atoms with Gasteiger partial charge in [0, 0.05) is 30.6 Å². The standard InChI is InChI=1S/C32H37N5O8S2/c1-32(2,3)45-26(39)18-36-14-15-37(24(30(36)42)17-25(38)44-5)29(41)23(16-19-6-12-22(43-4)13-7-19)33-28(40)21-10-8-20(9-11-21)27-34-31(46)47-35-27/h6-13,23-24H,14-18H2,1-5H3,(H,33,40)(H,34,35,46)/t23-,24-/m0/s1. The fraction of sp³-hybridized carbons (Fsp3) is 0.406. The molecule has 13 nitrogen and oxygen atoms in total. The monoisotopic (exact) mass is 683 g/mol. The number of rotatable bonds is 11. The van der Waals surface area contributed by atoms with Crippen molar-refractivity contribution in [2.75, 3.05) is 33.9 Å². The van der Waals surface area contributed by atoms with E-state index in [1.165, 1.54) is 35.6 Å². The van der Waals surface area contributed by atoms with Gasteiger partial charge >= 0.3 is 11.9 Å². The number of hydrogen-bond acceptors (Lipinski definition) is 11. The second-order valence-electron chi connectivity index (χ2n) is 11.8. The minimum atomic E-state index is -1.26. The number of amides is 3. The molecule has 1 aliphatic heterocycles. The maximum absolute atomic E-state index is 14.2. The molecule has 0 spiro atoms. The van der Waals surface area contributed by atoms with Gasteiger partial charge in [0.2, 0.25) is 11.8 Å². The summed E-state index contributed by atoms with van der Waals surface area (Å²) in [5.74, 6) is -1.83.